The van der Waals surface area contributed by atoms with Crippen LogP contribution in [0.3, 0.4) is 0 Å². The highest BCUT2D eigenvalue weighted by Gasteiger charge is 2.45. The molecule has 0 spiro atoms. The number of carbonyl (C=O) groups is 1. The van der Waals surface area contributed by atoms with Crippen molar-refractivity contribution in [3.63, 3.8) is 0 Å². The lowest BCUT2D eigenvalue weighted by atomic mass is 10.1. The van der Waals surface area contributed by atoms with E-state index in [0.717, 1.165) is 5.56 Å². The topological polar surface area (TPSA) is 74.8 Å². The Morgan fingerprint density at radius 3 is 2.78 bits per heavy atom. The van der Waals surface area contributed by atoms with Crippen LogP contribution in [0.4, 0.5) is 0 Å². The highest BCUT2D eigenvalue weighted by Crippen LogP contribution is 2.38. The number of benzene rings is 1. The Morgan fingerprint density at radius 2 is 2.13 bits per heavy atom. The molecule has 2 aliphatic heterocycles. The minimum absolute atomic E-state index is 0.145. The van der Waals surface area contributed by atoms with Crippen LogP contribution in [0.25, 0.3) is 0 Å². The number of methoxy groups -OCH3 is 1. The number of halogens is 1. The van der Waals surface area contributed by atoms with Gasteiger partial charge in [-0.3, -0.25) is 4.99 Å². The number of quaternary nitrogens is 1. The molecule has 0 aliphatic carbocycles. The van der Waals surface area contributed by atoms with Crippen molar-refractivity contribution in [2.75, 3.05) is 7.11 Å². The second-order valence-electron chi connectivity index (χ2n) is 4.88. The van der Waals surface area contributed by atoms with Crippen molar-refractivity contribution in [1.82, 2.24) is 0 Å². The first-order chi connectivity index (χ1) is 11.1. The van der Waals surface area contributed by atoms with Gasteiger partial charge in [0, 0.05) is 0 Å². The molecule has 2 aliphatic rings. The molecule has 0 fully saturated rings. The highest BCUT2D eigenvalue weighted by molar-refractivity contribution is 6.20. The molecule has 0 saturated heterocycles. The number of fused-ring (bicyclic) bond motifs is 1. The first kappa shape index (κ1) is 15.2. The predicted molar refractivity (Wildman–Crippen MR) is 85.3 cm³/mol. The van der Waals surface area contributed by atoms with Crippen molar-refractivity contribution >= 4 is 29.8 Å². The molecular weight excluding hydrogens is 316 g/mol. The monoisotopic (exact) mass is 327 g/mol. The summed E-state index contributed by atoms with van der Waals surface area (Å²) < 4.78 is 4.52. The zero-order valence-electron chi connectivity index (χ0n) is 12.2. The molecule has 0 N–H and O–H groups in total. The van der Waals surface area contributed by atoms with Crippen LogP contribution in [0.2, 0.25) is 0 Å². The Labute approximate surface area is 138 Å². The summed E-state index contributed by atoms with van der Waals surface area (Å²) in [7, 11) is 1.33. The number of nitriles is 1. The van der Waals surface area contributed by atoms with Crippen molar-refractivity contribution in [3.05, 3.63) is 59.2 Å². The maximum atomic E-state index is 11.5. The third-order valence-electron chi connectivity index (χ3n) is 3.56. The molecule has 0 bridgehead atoms. The number of amidine groups is 1. The normalized spacial score (nSPS) is 21.7. The quantitative estimate of drug-likeness (QED) is 0.632. The zero-order valence-corrected chi connectivity index (χ0v) is 13.0. The largest absolute Gasteiger partial charge is 0.465 e. The number of carbonyl (C=O) groups excluding carboxylic acids is 1. The number of nitrogens with zero attached hydrogens (tertiary/aromatic N) is 4. The molecule has 0 radical (unpaired) electrons. The van der Waals surface area contributed by atoms with Gasteiger partial charge in [-0.05, 0) is 24.3 Å². The van der Waals surface area contributed by atoms with Gasteiger partial charge in [-0.1, -0.05) is 0 Å². The fraction of sp³-hybridized carbons (Fsp3) is 0.125. The van der Waals surface area contributed by atoms with Gasteiger partial charge in [-0.25, -0.2) is 4.79 Å². The number of aliphatic imine (C=N–C) groups is 2. The van der Waals surface area contributed by atoms with Crippen LogP contribution in [0.15, 0.2) is 58.0 Å². The second-order valence-corrected chi connectivity index (χ2v) is 5.42. The predicted octanol–water partition coefficient (Wildman–Crippen LogP) is 2.88. The maximum Gasteiger partial charge on any atom is 0.337 e. The average molecular weight is 328 g/mol. The summed E-state index contributed by atoms with van der Waals surface area (Å²) in [6.45, 7) is 0. The van der Waals surface area contributed by atoms with Crippen LogP contribution < -0.4 is 0 Å². The van der Waals surface area contributed by atoms with Gasteiger partial charge in [-0.2, -0.15) is 10.3 Å². The van der Waals surface area contributed by atoms with Crippen LogP contribution >= 0.6 is 11.8 Å². The van der Waals surface area contributed by atoms with Crippen LogP contribution in [0.5, 0.6) is 0 Å². The summed E-state index contributed by atoms with van der Waals surface area (Å²) in [4.78, 5) is 20.1. The standard InChI is InChI=1S/C16H12ClN4O2/c1-23-16(22)12-4-2-11(3-5-12)15-20-13(6-7-18)14-10-19-8-9-21(14,15)17/h2-5,8-10H,6H2,1H3/q+1. The van der Waals surface area contributed by atoms with E-state index in [1.807, 2.05) is 0 Å². The first-order valence-electron chi connectivity index (χ1n) is 6.78. The molecule has 1 unspecified atom stereocenters. The molecule has 23 heavy (non-hydrogen) atoms. The summed E-state index contributed by atoms with van der Waals surface area (Å²) in [6.07, 6.45) is 5.03. The van der Waals surface area contributed by atoms with E-state index in [0.29, 0.717) is 22.8 Å². The number of hydrogen-bond donors (Lipinski definition) is 0. The Balaban J connectivity index is 2.02. The molecule has 3 rings (SSSR count). The lowest BCUT2D eigenvalue weighted by molar-refractivity contribution is -0.600. The van der Waals surface area contributed by atoms with E-state index >= 15 is 0 Å². The van der Waals surface area contributed by atoms with Gasteiger partial charge in [0.2, 0.25) is 5.70 Å². The van der Waals surface area contributed by atoms with Crippen molar-refractivity contribution in [1.29, 1.82) is 5.26 Å². The van der Waals surface area contributed by atoms with E-state index in [1.165, 1.54) is 7.11 Å². The summed E-state index contributed by atoms with van der Waals surface area (Å²) >= 11 is 6.70. The number of ether oxygens (including phenoxy) is 1. The zero-order chi connectivity index (χ0) is 16.4. The fourth-order valence-corrected chi connectivity index (χ4v) is 2.77. The molecule has 114 valence electrons. The minimum atomic E-state index is -0.409. The molecule has 2 heterocycles. The molecule has 7 heteroatoms. The SMILES string of the molecule is COC(=O)c1ccc(C2=NC(CC#N)=C3C=NC=C[N+]23Cl)cc1. The van der Waals surface area contributed by atoms with E-state index in [4.69, 9.17) is 17.0 Å². The molecule has 1 aromatic carbocycles. The lowest BCUT2D eigenvalue weighted by Crippen LogP contribution is -2.37. The molecular formula is C16H12ClN4O2+. The molecule has 1 aromatic rings. The molecule has 0 saturated carbocycles. The Hall–Kier alpha value is -2.75. The maximum absolute atomic E-state index is 11.5. The summed E-state index contributed by atoms with van der Waals surface area (Å²) in [5.41, 5.74) is 2.43. The Bertz CT molecular complexity index is 831. The number of esters is 1. The van der Waals surface area contributed by atoms with Crippen LogP contribution in [-0.4, -0.2) is 29.1 Å². The smallest absolute Gasteiger partial charge is 0.337 e. The van der Waals surface area contributed by atoms with Gasteiger partial charge >= 0.3 is 5.97 Å². The van der Waals surface area contributed by atoms with Gasteiger partial charge in [0.15, 0.2) is 11.8 Å². The van der Waals surface area contributed by atoms with E-state index in [2.05, 4.69) is 20.8 Å². The Morgan fingerprint density at radius 1 is 1.39 bits per heavy atom. The van der Waals surface area contributed by atoms with Crippen LogP contribution in [0.1, 0.15) is 22.3 Å². The average Bonchev–Trinajstić information content (AvgIpc) is 2.87. The molecule has 0 aromatic heterocycles. The van der Waals surface area contributed by atoms with Crippen molar-refractivity contribution in [2.45, 2.75) is 6.42 Å². The van der Waals surface area contributed by atoms with Crippen LogP contribution in [-0.2, 0) is 4.74 Å². The number of rotatable bonds is 3. The third kappa shape index (κ3) is 2.46. The lowest BCUT2D eigenvalue weighted by Gasteiger charge is -2.22. The van der Waals surface area contributed by atoms with Gasteiger partial charge in [0.1, 0.15) is 11.9 Å². The summed E-state index contributed by atoms with van der Waals surface area (Å²) in [5.74, 6) is 0.152. The Kier molecular flexibility index (Phi) is 3.82. The van der Waals surface area contributed by atoms with E-state index in [9.17, 15) is 4.79 Å². The molecule has 6 nitrogen and oxygen atoms in total. The van der Waals surface area contributed by atoms with Crippen molar-refractivity contribution in [2.24, 2.45) is 9.98 Å². The second kappa shape index (κ2) is 5.80. The van der Waals surface area contributed by atoms with Crippen LogP contribution in [0, 0.1) is 11.3 Å². The van der Waals surface area contributed by atoms with E-state index in [1.54, 1.807) is 42.9 Å². The van der Waals surface area contributed by atoms with Gasteiger partial charge in [0.25, 0.3) is 5.84 Å². The van der Waals surface area contributed by atoms with E-state index in [-0.39, 0.29) is 10.4 Å². The van der Waals surface area contributed by atoms with Crippen molar-refractivity contribution < 1.29 is 13.5 Å². The number of allylic oxidation sites excluding steroid dienone is 2. The third-order valence-corrected chi connectivity index (χ3v) is 4.02. The van der Waals surface area contributed by atoms with E-state index < -0.39 is 5.97 Å². The highest BCUT2D eigenvalue weighted by atomic mass is 35.5. The van der Waals surface area contributed by atoms with Gasteiger partial charge in [-0.15, -0.1) is 4.00 Å². The summed E-state index contributed by atoms with van der Waals surface area (Å²) in [5, 5.41) is 8.96. The fourth-order valence-electron chi connectivity index (χ4n) is 2.44. The molecule has 1 atom stereocenters. The minimum Gasteiger partial charge on any atom is -0.465 e. The van der Waals surface area contributed by atoms with Gasteiger partial charge < -0.3 is 4.74 Å². The molecule has 0 amide bonds. The number of hydrogen-bond acceptors (Lipinski definition) is 5. The van der Waals surface area contributed by atoms with Crippen molar-refractivity contribution in [3.8, 4) is 6.07 Å². The van der Waals surface area contributed by atoms with Gasteiger partial charge in [0.05, 0.1) is 43.1 Å². The summed E-state index contributed by atoms with van der Waals surface area (Å²) in [6, 6.07) is 8.88. The first-order valence-corrected chi connectivity index (χ1v) is 7.12.